The summed E-state index contributed by atoms with van der Waals surface area (Å²) in [7, 11) is 1.53. The van der Waals surface area contributed by atoms with Crippen LogP contribution in [0.2, 0.25) is 0 Å². The van der Waals surface area contributed by atoms with Crippen LogP contribution in [0.15, 0.2) is 24.3 Å². The van der Waals surface area contributed by atoms with Crippen molar-refractivity contribution < 1.29 is 14.0 Å². The van der Waals surface area contributed by atoms with Gasteiger partial charge in [0, 0.05) is 12.5 Å². The van der Waals surface area contributed by atoms with Crippen molar-refractivity contribution in [3.05, 3.63) is 29.8 Å². The van der Waals surface area contributed by atoms with E-state index >= 15 is 0 Å². The van der Waals surface area contributed by atoms with E-state index in [-0.39, 0.29) is 24.1 Å². The third-order valence-corrected chi connectivity index (χ3v) is 4.07. The minimum atomic E-state index is -2.48. The maximum absolute atomic E-state index is 11.3. The first kappa shape index (κ1) is 12.9. The van der Waals surface area contributed by atoms with Gasteiger partial charge in [-0.05, 0) is 44.6 Å². The van der Waals surface area contributed by atoms with Crippen molar-refractivity contribution in [3.63, 3.8) is 0 Å². The molecule has 0 spiro atoms. The fourth-order valence-corrected chi connectivity index (χ4v) is 3.12. The molecule has 0 heterocycles. The molecule has 0 radical (unpaired) electrons. The van der Waals surface area contributed by atoms with Crippen molar-refractivity contribution in [2.75, 3.05) is 27.7 Å². The molecule has 0 amide bonds. The Labute approximate surface area is 132 Å². The highest BCUT2D eigenvalue weighted by Gasteiger charge is 2.40. The highest BCUT2D eigenvalue weighted by atomic mass is 35.5. The molecule has 1 aromatic carbocycles. The van der Waals surface area contributed by atoms with Crippen molar-refractivity contribution in [2.24, 2.45) is 5.92 Å². The van der Waals surface area contributed by atoms with Gasteiger partial charge in [-0.3, -0.25) is 0 Å². The molecule has 4 heteroatoms. The number of benzene rings is 1. The predicted molar refractivity (Wildman–Crippen MR) is 84.7 cm³/mol. The molecule has 114 valence electrons. The maximum Gasteiger partial charge on any atom is 0.119 e. The van der Waals surface area contributed by atoms with E-state index in [0.29, 0.717) is 6.42 Å². The number of hydrogen-bond acceptors (Lipinski definition) is 3. The van der Waals surface area contributed by atoms with E-state index in [1.165, 1.54) is 0 Å². The summed E-state index contributed by atoms with van der Waals surface area (Å²) >= 11 is 0. The maximum atomic E-state index is 11.3. The fourth-order valence-electron chi connectivity index (χ4n) is 3.12. The zero-order chi connectivity index (χ0) is 16.4. The molecular formula is C16H26ClNO2. The van der Waals surface area contributed by atoms with E-state index in [4.69, 9.17) is 8.85 Å². The topological polar surface area (TPSA) is 32.7 Å². The van der Waals surface area contributed by atoms with Crippen molar-refractivity contribution in [3.8, 4) is 5.75 Å². The van der Waals surface area contributed by atoms with Crippen LogP contribution < -0.4 is 4.74 Å². The summed E-state index contributed by atoms with van der Waals surface area (Å²) in [6.45, 7) is 0.806. The largest absolute Gasteiger partial charge is 0.497 e. The zero-order valence-corrected chi connectivity index (χ0v) is 12.9. The summed E-state index contributed by atoms with van der Waals surface area (Å²) in [5.74, 6) is 0.416. The van der Waals surface area contributed by atoms with E-state index < -0.39 is 12.6 Å². The third kappa shape index (κ3) is 3.66. The Hall–Kier alpha value is -0.770. The van der Waals surface area contributed by atoms with Crippen molar-refractivity contribution in [1.82, 2.24) is 4.90 Å². The molecule has 1 N–H and O–H groups in total. The number of methoxy groups -OCH3 is 1. The van der Waals surface area contributed by atoms with Crippen LogP contribution in [-0.2, 0) is 5.60 Å². The first-order chi connectivity index (χ1) is 10.2. The predicted octanol–water partition coefficient (Wildman–Crippen LogP) is 3.06. The van der Waals surface area contributed by atoms with Gasteiger partial charge in [0.05, 0.1) is 16.8 Å². The average Bonchev–Trinajstić information content (AvgIpc) is 2.39. The Morgan fingerprint density at radius 2 is 2.25 bits per heavy atom. The SMILES string of the molecule is Cl.[2H][13C]([2H])([2H])Oc1cccc([C@@]2(O)CCCC[C@@H]2CN(C)C)c1. The van der Waals surface area contributed by atoms with Gasteiger partial charge in [0.15, 0.2) is 0 Å². The van der Waals surface area contributed by atoms with E-state index in [9.17, 15) is 5.11 Å². The lowest BCUT2D eigenvalue weighted by molar-refractivity contribution is -0.0619. The molecule has 0 aliphatic heterocycles. The molecule has 0 unspecified atom stereocenters. The minimum Gasteiger partial charge on any atom is -0.497 e. The van der Waals surface area contributed by atoms with Crippen molar-refractivity contribution in [1.29, 1.82) is 0 Å². The van der Waals surface area contributed by atoms with Crippen molar-refractivity contribution >= 4 is 12.4 Å². The summed E-state index contributed by atoms with van der Waals surface area (Å²) in [5, 5.41) is 11.3. The number of hydrogen-bond donors (Lipinski definition) is 1. The lowest BCUT2D eigenvalue weighted by Gasteiger charge is -2.41. The van der Waals surface area contributed by atoms with Gasteiger partial charge >= 0.3 is 0 Å². The summed E-state index contributed by atoms with van der Waals surface area (Å²) in [6.07, 6.45) is 3.76. The summed E-state index contributed by atoms with van der Waals surface area (Å²) in [5.41, 5.74) is -0.169. The van der Waals surface area contributed by atoms with Gasteiger partial charge in [-0.15, -0.1) is 12.4 Å². The Bertz CT molecular complexity index is 510. The van der Waals surface area contributed by atoms with Crippen LogP contribution in [0.5, 0.6) is 5.75 Å². The Morgan fingerprint density at radius 1 is 1.45 bits per heavy atom. The van der Waals surface area contributed by atoms with Crippen LogP contribution >= 0.6 is 12.4 Å². The van der Waals surface area contributed by atoms with E-state index in [1.807, 2.05) is 20.2 Å². The summed E-state index contributed by atoms with van der Waals surface area (Å²) < 4.78 is 26.6. The molecule has 2 rings (SSSR count). The molecule has 3 nitrogen and oxygen atoms in total. The normalized spacial score (nSPS) is 29.0. The molecule has 1 saturated carbocycles. The van der Waals surface area contributed by atoms with Crippen LogP contribution in [-0.4, -0.2) is 37.7 Å². The molecule has 1 aliphatic carbocycles. The number of halogens is 1. The fraction of sp³-hybridized carbons (Fsp3) is 0.625. The molecule has 0 saturated heterocycles. The van der Waals surface area contributed by atoms with Crippen LogP contribution in [0.1, 0.15) is 35.4 Å². The molecule has 0 bridgehead atoms. The lowest BCUT2D eigenvalue weighted by atomic mass is 9.71. The number of ether oxygens (including phenoxy) is 1. The number of aliphatic hydroxyl groups is 1. The first-order valence-electron chi connectivity index (χ1n) is 8.37. The second kappa shape index (κ2) is 7.30. The quantitative estimate of drug-likeness (QED) is 0.868. The summed E-state index contributed by atoms with van der Waals surface area (Å²) in [6, 6.07) is 6.89. The Balaban J connectivity index is 0.00000264. The molecule has 0 aromatic heterocycles. The number of nitrogens with zero attached hydrogens (tertiary/aromatic N) is 1. The van der Waals surface area contributed by atoms with Gasteiger partial charge in [-0.1, -0.05) is 25.0 Å². The van der Waals surface area contributed by atoms with Crippen LogP contribution in [0, 0.1) is 5.92 Å². The second-order valence-corrected chi connectivity index (χ2v) is 5.76. The van der Waals surface area contributed by atoms with E-state index in [0.717, 1.165) is 31.4 Å². The molecule has 2 atom stereocenters. The zero-order valence-electron chi connectivity index (χ0n) is 15.1. The molecular weight excluding hydrogens is 275 g/mol. The van der Waals surface area contributed by atoms with Gasteiger partial charge in [0.25, 0.3) is 0 Å². The molecule has 20 heavy (non-hydrogen) atoms. The van der Waals surface area contributed by atoms with Gasteiger partial charge < -0.3 is 14.7 Å². The van der Waals surface area contributed by atoms with Gasteiger partial charge in [0.2, 0.25) is 0 Å². The highest BCUT2D eigenvalue weighted by Crippen LogP contribution is 2.42. The highest BCUT2D eigenvalue weighted by molar-refractivity contribution is 5.85. The van der Waals surface area contributed by atoms with E-state index in [1.54, 1.807) is 18.2 Å². The Morgan fingerprint density at radius 3 is 2.95 bits per heavy atom. The molecule has 1 fully saturated rings. The third-order valence-electron chi connectivity index (χ3n) is 4.07. The van der Waals surface area contributed by atoms with E-state index in [2.05, 4.69) is 4.90 Å². The second-order valence-electron chi connectivity index (χ2n) is 5.76. The van der Waals surface area contributed by atoms with Crippen LogP contribution in [0.25, 0.3) is 0 Å². The molecule has 1 aromatic rings. The molecule has 1 aliphatic rings. The average molecular weight is 304 g/mol. The van der Waals surface area contributed by atoms with Gasteiger partial charge in [-0.2, -0.15) is 0 Å². The minimum absolute atomic E-state index is 0. The first-order valence-corrected chi connectivity index (χ1v) is 6.87. The number of rotatable bonds is 4. The van der Waals surface area contributed by atoms with Crippen LogP contribution in [0.3, 0.4) is 0 Å². The van der Waals surface area contributed by atoms with Crippen LogP contribution in [0.4, 0.5) is 0 Å². The lowest BCUT2D eigenvalue weighted by Crippen LogP contribution is -2.43. The smallest absolute Gasteiger partial charge is 0.119 e. The van der Waals surface area contributed by atoms with Gasteiger partial charge in [-0.25, -0.2) is 0 Å². The standard InChI is InChI=1S/C16H25NO2.ClH/c1-17(2)12-14-7-4-5-10-16(14,18)13-8-6-9-15(11-13)19-3;/h6,8-9,11,14,18H,4-5,7,10,12H2,1-3H3;1H/t14-,16+;/m1./s1/i3+1D3;. The monoisotopic (exact) mass is 303 g/mol. The Kier molecular flexibility index (Phi) is 4.72. The van der Waals surface area contributed by atoms with Gasteiger partial charge in [0.1, 0.15) is 5.75 Å². The summed E-state index contributed by atoms with van der Waals surface area (Å²) in [4.78, 5) is 2.09. The van der Waals surface area contributed by atoms with Crippen molar-refractivity contribution in [2.45, 2.75) is 31.3 Å².